The number of carboxylic acids is 1. The summed E-state index contributed by atoms with van der Waals surface area (Å²) in [4.78, 5) is 14.2. The molecule has 3 N–H and O–H groups in total. The van der Waals surface area contributed by atoms with Crippen molar-refractivity contribution in [2.45, 2.75) is 6.42 Å². The van der Waals surface area contributed by atoms with E-state index in [1.165, 1.54) is 12.1 Å². The van der Waals surface area contributed by atoms with Crippen molar-refractivity contribution in [1.82, 2.24) is 4.98 Å². The summed E-state index contributed by atoms with van der Waals surface area (Å²) >= 11 is 12.2. The molecule has 0 aliphatic heterocycles. The average Bonchev–Trinajstić information content (AvgIpc) is 2.70. The molecule has 0 aliphatic rings. The van der Waals surface area contributed by atoms with E-state index in [9.17, 15) is 14.3 Å². The van der Waals surface area contributed by atoms with Crippen molar-refractivity contribution < 1.29 is 24.1 Å². The normalized spacial score (nSPS) is 10.6. The zero-order chi connectivity index (χ0) is 21.0. The second kappa shape index (κ2) is 8.98. The van der Waals surface area contributed by atoms with Crippen LogP contribution in [0.4, 0.5) is 10.2 Å². The zero-order valence-electron chi connectivity index (χ0n) is 14.8. The largest absolute Gasteiger partial charge is 0.507 e. The Hall–Kier alpha value is -3.03. The van der Waals surface area contributed by atoms with Crippen molar-refractivity contribution in [3.63, 3.8) is 0 Å². The summed E-state index contributed by atoms with van der Waals surface area (Å²) in [5, 5.41) is 21.0. The maximum Gasteiger partial charge on any atom is 0.305 e. The van der Waals surface area contributed by atoms with Crippen LogP contribution in [0.1, 0.15) is 6.42 Å². The van der Waals surface area contributed by atoms with Crippen molar-refractivity contribution in [3.05, 3.63) is 64.5 Å². The number of carbonyl (C=O) groups is 1. The molecule has 0 unspecified atom stereocenters. The fourth-order valence-electron chi connectivity index (χ4n) is 2.53. The predicted molar refractivity (Wildman–Crippen MR) is 109 cm³/mol. The molecule has 150 valence electrons. The number of aliphatic carboxylic acids is 1. The molecular formula is C20H15Cl2FN2O4. The van der Waals surface area contributed by atoms with E-state index in [4.69, 9.17) is 33.0 Å². The lowest BCUT2D eigenvalue weighted by atomic mass is 10.0. The Kier molecular flexibility index (Phi) is 6.41. The van der Waals surface area contributed by atoms with E-state index in [1.54, 1.807) is 6.07 Å². The highest BCUT2D eigenvalue weighted by atomic mass is 35.5. The number of ether oxygens (including phenoxy) is 1. The predicted octanol–water partition coefficient (Wildman–Crippen LogP) is 5.58. The van der Waals surface area contributed by atoms with Gasteiger partial charge in [0.1, 0.15) is 21.5 Å². The molecule has 0 atom stereocenters. The van der Waals surface area contributed by atoms with Gasteiger partial charge in [-0.25, -0.2) is 0 Å². The summed E-state index contributed by atoms with van der Waals surface area (Å²) in [6.07, 6.45) is -0.211. The molecule has 0 radical (unpaired) electrons. The van der Waals surface area contributed by atoms with E-state index >= 15 is 0 Å². The Morgan fingerprint density at radius 3 is 2.55 bits per heavy atom. The van der Waals surface area contributed by atoms with Crippen molar-refractivity contribution in [1.29, 1.82) is 0 Å². The maximum atomic E-state index is 14.1. The van der Waals surface area contributed by atoms with Gasteiger partial charge in [-0.1, -0.05) is 53.5 Å². The minimum atomic E-state index is -1.03. The van der Waals surface area contributed by atoms with Gasteiger partial charge in [0.2, 0.25) is 5.95 Å². The lowest BCUT2D eigenvalue weighted by molar-refractivity contribution is -0.136. The summed E-state index contributed by atoms with van der Waals surface area (Å²) < 4.78 is 19.8. The van der Waals surface area contributed by atoms with E-state index < -0.39 is 16.9 Å². The maximum absolute atomic E-state index is 14.1. The molecule has 0 saturated heterocycles. The SMILES string of the molecule is O=C(O)CCNc1nc(F)c(Cl)c(Oc2ccc(O)c(-c3ccccc3)c2)c1Cl. The quantitative estimate of drug-likeness (QED) is 0.418. The van der Waals surface area contributed by atoms with Gasteiger partial charge in [0, 0.05) is 12.1 Å². The first kappa shape index (κ1) is 20.7. The minimum Gasteiger partial charge on any atom is -0.507 e. The van der Waals surface area contributed by atoms with Gasteiger partial charge in [0.05, 0.1) is 6.42 Å². The third-order valence-corrected chi connectivity index (χ3v) is 4.58. The van der Waals surface area contributed by atoms with Crippen LogP contribution >= 0.6 is 23.2 Å². The van der Waals surface area contributed by atoms with E-state index in [0.717, 1.165) is 5.56 Å². The molecular weight excluding hydrogens is 422 g/mol. The number of nitrogens with one attached hydrogen (secondary N) is 1. The number of aromatic hydroxyl groups is 1. The molecule has 0 saturated carbocycles. The van der Waals surface area contributed by atoms with Gasteiger partial charge in [-0.3, -0.25) is 4.79 Å². The highest BCUT2D eigenvalue weighted by Crippen LogP contribution is 2.42. The van der Waals surface area contributed by atoms with Crippen LogP contribution in [0.15, 0.2) is 48.5 Å². The van der Waals surface area contributed by atoms with Crippen molar-refractivity contribution >= 4 is 35.0 Å². The molecule has 1 aromatic heterocycles. The number of pyridine rings is 1. The Bertz CT molecular complexity index is 1050. The summed E-state index contributed by atoms with van der Waals surface area (Å²) in [6.45, 7) is -0.0140. The third kappa shape index (κ3) is 4.88. The summed E-state index contributed by atoms with van der Waals surface area (Å²) in [7, 11) is 0. The molecule has 6 nitrogen and oxygen atoms in total. The fourth-order valence-corrected chi connectivity index (χ4v) is 3.00. The lowest BCUT2D eigenvalue weighted by Gasteiger charge is -2.15. The smallest absolute Gasteiger partial charge is 0.305 e. The Morgan fingerprint density at radius 1 is 1.14 bits per heavy atom. The Labute approximate surface area is 175 Å². The van der Waals surface area contributed by atoms with Crippen LogP contribution < -0.4 is 10.1 Å². The number of hydrogen-bond acceptors (Lipinski definition) is 5. The molecule has 0 amide bonds. The molecule has 0 fully saturated rings. The van der Waals surface area contributed by atoms with Crippen molar-refractivity contribution in [2.24, 2.45) is 0 Å². The topological polar surface area (TPSA) is 91.7 Å². The summed E-state index contributed by atoms with van der Waals surface area (Å²) in [5.41, 5.74) is 1.26. The number of phenols is 1. The number of benzene rings is 2. The van der Waals surface area contributed by atoms with Gasteiger partial charge in [-0.05, 0) is 23.8 Å². The third-order valence-electron chi connectivity index (χ3n) is 3.90. The van der Waals surface area contributed by atoms with Crippen molar-refractivity contribution in [2.75, 3.05) is 11.9 Å². The van der Waals surface area contributed by atoms with Crippen LogP contribution in [0.5, 0.6) is 17.2 Å². The molecule has 29 heavy (non-hydrogen) atoms. The zero-order valence-corrected chi connectivity index (χ0v) is 16.3. The van der Waals surface area contributed by atoms with Crippen LogP contribution in [0.3, 0.4) is 0 Å². The van der Waals surface area contributed by atoms with Crippen molar-refractivity contribution in [3.8, 4) is 28.4 Å². The minimum absolute atomic E-state index is 0.0140. The molecule has 9 heteroatoms. The monoisotopic (exact) mass is 436 g/mol. The summed E-state index contributed by atoms with van der Waals surface area (Å²) in [6, 6.07) is 13.6. The number of phenolic OH excluding ortho intramolecular Hbond substituents is 1. The van der Waals surface area contributed by atoms with Gasteiger partial charge in [-0.2, -0.15) is 9.37 Å². The van der Waals surface area contributed by atoms with Gasteiger partial charge in [0.25, 0.3) is 0 Å². The highest BCUT2D eigenvalue weighted by molar-refractivity contribution is 6.38. The van der Waals surface area contributed by atoms with Crippen LogP contribution in [-0.2, 0) is 4.79 Å². The number of hydrogen-bond donors (Lipinski definition) is 3. The molecule has 2 aromatic carbocycles. The van der Waals surface area contributed by atoms with Gasteiger partial charge in [-0.15, -0.1) is 0 Å². The molecule has 0 aliphatic carbocycles. The second-order valence-corrected chi connectivity index (χ2v) is 6.68. The van der Waals surface area contributed by atoms with E-state index in [-0.39, 0.29) is 41.1 Å². The molecule has 3 aromatic rings. The first-order valence-electron chi connectivity index (χ1n) is 8.43. The number of halogens is 3. The number of rotatable bonds is 7. The first-order valence-corrected chi connectivity index (χ1v) is 9.19. The fraction of sp³-hybridized carbons (Fsp3) is 0.100. The average molecular weight is 437 g/mol. The number of carboxylic acid groups (broad SMARTS) is 1. The number of nitrogens with zero attached hydrogens (tertiary/aromatic N) is 1. The van der Waals surface area contributed by atoms with Gasteiger partial charge in [0.15, 0.2) is 11.6 Å². The number of aromatic nitrogens is 1. The van der Waals surface area contributed by atoms with Gasteiger partial charge >= 0.3 is 5.97 Å². The van der Waals surface area contributed by atoms with Crippen LogP contribution in [-0.4, -0.2) is 27.7 Å². The van der Waals surface area contributed by atoms with Gasteiger partial charge < -0.3 is 20.3 Å². The van der Waals surface area contributed by atoms with Crippen LogP contribution in [0, 0.1) is 5.95 Å². The summed E-state index contributed by atoms with van der Waals surface area (Å²) in [5.74, 6) is -2.02. The van der Waals surface area contributed by atoms with E-state index in [1.807, 2.05) is 30.3 Å². The van der Waals surface area contributed by atoms with Crippen LogP contribution in [0.2, 0.25) is 10.0 Å². The Balaban J connectivity index is 1.94. The number of anilines is 1. The molecule has 1 heterocycles. The molecule has 3 rings (SSSR count). The standard InChI is InChI=1S/C20H15Cl2FN2O4/c21-16-18(17(22)20(25-19(16)23)24-9-8-15(27)28)29-12-6-7-14(26)13(10-12)11-4-2-1-3-5-11/h1-7,10,26H,8-9H2,(H,24,25)(H,27,28). The van der Waals surface area contributed by atoms with Crippen LogP contribution in [0.25, 0.3) is 11.1 Å². The second-order valence-electron chi connectivity index (χ2n) is 5.93. The Morgan fingerprint density at radius 2 is 1.86 bits per heavy atom. The van der Waals surface area contributed by atoms with E-state index in [2.05, 4.69) is 10.3 Å². The highest BCUT2D eigenvalue weighted by Gasteiger charge is 2.20. The van der Waals surface area contributed by atoms with E-state index in [0.29, 0.717) is 5.56 Å². The lowest BCUT2D eigenvalue weighted by Crippen LogP contribution is -2.10. The molecule has 0 spiro atoms. The molecule has 0 bridgehead atoms. The first-order chi connectivity index (χ1) is 13.9.